The summed E-state index contributed by atoms with van der Waals surface area (Å²) in [5, 5.41) is 0. The molecule has 114 valence electrons. The van der Waals surface area contributed by atoms with E-state index in [2.05, 4.69) is 41.5 Å². The van der Waals surface area contributed by atoms with Crippen LogP contribution in [-0.2, 0) is 6.42 Å². The highest BCUT2D eigenvalue weighted by Gasteiger charge is 2.23. The molecule has 1 unspecified atom stereocenters. The molecule has 0 aliphatic carbocycles. The fourth-order valence-corrected chi connectivity index (χ4v) is 3.09. The van der Waals surface area contributed by atoms with Gasteiger partial charge in [-0.1, -0.05) is 19.9 Å². The molecule has 0 spiro atoms. The number of hydrogen-bond acceptors (Lipinski definition) is 3. The van der Waals surface area contributed by atoms with E-state index in [9.17, 15) is 0 Å². The number of rotatable bonds is 4. The van der Waals surface area contributed by atoms with E-state index >= 15 is 0 Å². The van der Waals surface area contributed by atoms with E-state index in [1.807, 2.05) is 6.07 Å². The molecule has 3 heterocycles. The molecule has 4 nitrogen and oxygen atoms in total. The van der Waals surface area contributed by atoms with Gasteiger partial charge in [0.2, 0.25) is 0 Å². The summed E-state index contributed by atoms with van der Waals surface area (Å²) in [5.74, 6) is 1.98. The molecule has 1 aliphatic heterocycles. The van der Waals surface area contributed by atoms with Gasteiger partial charge in [0.15, 0.2) is 5.82 Å². The summed E-state index contributed by atoms with van der Waals surface area (Å²) in [5.41, 5.74) is 8.52. The maximum atomic E-state index is 6.22. The topological polar surface area (TPSA) is 46.6 Å². The van der Waals surface area contributed by atoms with Crippen molar-refractivity contribution in [2.24, 2.45) is 11.7 Å². The van der Waals surface area contributed by atoms with E-state index < -0.39 is 0 Å². The third-order valence-electron chi connectivity index (χ3n) is 4.67. The number of imidazole rings is 1. The Balaban J connectivity index is 1.98. The third-order valence-corrected chi connectivity index (χ3v) is 4.67. The van der Waals surface area contributed by atoms with Gasteiger partial charge in [-0.25, -0.2) is 4.98 Å². The van der Waals surface area contributed by atoms with Crippen molar-refractivity contribution < 1.29 is 0 Å². The molecule has 21 heavy (non-hydrogen) atoms. The van der Waals surface area contributed by atoms with Crippen molar-refractivity contribution in [2.45, 2.75) is 45.6 Å². The lowest BCUT2D eigenvalue weighted by Crippen LogP contribution is -2.34. The Hall–Kier alpha value is -1.55. The Morgan fingerprint density at radius 2 is 2.10 bits per heavy atom. The van der Waals surface area contributed by atoms with Crippen molar-refractivity contribution in [2.75, 3.05) is 18.0 Å². The van der Waals surface area contributed by atoms with Crippen LogP contribution < -0.4 is 10.6 Å². The van der Waals surface area contributed by atoms with Crippen molar-refractivity contribution in [3.05, 3.63) is 30.1 Å². The number of fused-ring (bicyclic) bond motifs is 1. The number of piperidine rings is 1. The van der Waals surface area contributed by atoms with Crippen LogP contribution in [0, 0.1) is 5.92 Å². The van der Waals surface area contributed by atoms with Crippen molar-refractivity contribution in [1.29, 1.82) is 0 Å². The summed E-state index contributed by atoms with van der Waals surface area (Å²) in [4.78, 5) is 7.33. The molecular formula is C17H26N4. The largest absolute Gasteiger partial charge is 0.355 e. The van der Waals surface area contributed by atoms with E-state index in [0.717, 1.165) is 43.3 Å². The third kappa shape index (κ3) is 2.91. The van der Waals surface area contributed by atoms with Gasteiger partial charge < -0.3 is 15.0 Å². The van der Waals surface area contributed by atoms with Gasteiger partial charge in [0, 0.05) is 31.7 Å². The van der Waals surface area contributed by atoms with Crippen molar-refractivity contribution in [3.63, 3.8) is 0 Å². The SMILES string of the molecule is CCC(N)Cc1c(N2CCC(C)CC2)nc2ccccn12. The molecule has 0 aromatic carbocycles. The van der Waals surface area contributed by atoms with Gasteiger partial charge in [-0.05, 0) is 37.3 Å². The lowest BCUT2D eigenvalue weighted by atomic mass is 9.99. The Kier molecular flexibility index (Phi) is 4.15. The van der Waals surface area contributed by atoms with Crippen LogP contribution in [0.15, 0.2) is 24.4 Å². The molecular weight excluding hydrogens is 260 g/mol. The van der Waals surface area contributed by atoms with Crippen LogP contribution in [0.4, 0.5) is 5.82 Å². The first-order valence-corrected chi connectivity index (χ1v) is 8.15. The van der Waals surface area contributed by atoms with Gasteiger partial charge in [0.25, 0.3) is 0 Å². The normalized spacial score (nSPS) is 18.3. The molecule has 3 rings (SSSR count). The Labute approximate surface area is 127 Å². The zero-order valence-electron chi connectivity index (χ0n) is 13.1. The molecule has 1 fully saturated rings. The minimum absolute atomic E-state index is 0.201. The molecule has 1 aliphatic rings. The van der Waals surface area contributed by atoms with E-state index in [0.29, 0.717) is 0 Å². The summed E-state index contributed by atoms with van der Waals surface area (Å²) in [6, 6.07) is 6.40. The van der Waals surface area contributed by atoms with Crippen LogP contribution in [0.2, 0.25) is 0 Å². The molecule has 4 heteroatoms. The van der Waals surface area contributed by atoms with E-state index in [-0.39, 0.29) is 6.04 Å². The fraction of sp³-hybridized carbons (Fsp3) is 0.588. The van der Waals surface area contributed by atoms with Gasteiger partial charge in [-0.3, -0.25) is 0 Å². The monoisotopic (exact) mass is 286 g/mol. The molecule has 0 radical (unpaired) electrons. The molecule has 1 atom stereocenters. The van der Waals surface area contributed by atoms with Crippen LogP contribution in [-0.4, -0.2) is 28.5 Å². The molecule has 0 amide bonds. The van der Waals surface area contributed by atoms with Crippen LogP contribution in [0.3, 0.4) is 0 Å². The molecule has 0 saturated carbocycles. The zero-order valence-corrected chi connectivity index (χ0v) is 13.1. The quantitative estimate of drug-likeness (QED) is 0.940. The van der Waals surface area contributed by atoms with Gasteiger partial charge in [0.1, 0.15) is 5.65 Å². The standard InChI is InChI=1S/C17H26N4/c1-3-14(18)12-15-17(20-10-7-13(2)8-11-20)19-16-6-4-5-9-21(15)16/h4-6,9,13-14H,3,7-8,10-12,18H2,1-2H3. The summed E-state index contributed by atoms with van der Waals surface area (Å²) in [6.07, 6.45) is 6.51. The van der Waals surface area contributed by atoms with Crippen molar-refractivity contribution in [3.8, 4) is 0 Å². The Morgan fingerprint density at radius 1 is 1.33 bits per heavy atom. The number of nitrogens with zero attached hydrogens (tertiary/aromatic N) is 3. The van der Waals surface area contributed by atoms with Gasteiger partial charge >= 0.3 is 0 Å². The first-order chi connectivity index (χ1) is 10.2. The van der Waals surface area contributed by atoms with Crippen LogP contribution in [0.25, 0.3) is 5.65 Å². The highest BCUT2D eigenvalue weighted by atomic mass is 15.2. The molecule has 2 N–H and O–H groups in total. The van der Waals surface area contributed by atoms with E-state index in [4.69, 9.17) is 10.7 Å². The molecule has 0 bridgehead atoms. The number of hydrogen-bond donors (Lipinski definition) is 1. The van der Waals surface area contributed by atoms with Crippen molar-refractivity contribution in [1.82, 2.24) is 9.38 Å². The fourth-order valence-electron chi connectivity index (χ4n) is 3.09. The number of anilines is 1. The van der Waals surface area contributed by atoms with Gasteiger partial charge in [-0.2, -0.15) is 0 Å². The summed E-state index contributed by atoms with van der Waals surface area (Å²) in [6.45, 7) is 6.71. The second-order valence-electron chi connectivity index (χ2n) is 6.35. The van der Waals surface area contributed by atoms with E-state index in [1.165, 1.54) is 18.5 Å². The minimum Gasteiger partial charge on any atom is -0.355 e. The number of nitrogens with two attached hydrogens (primary N) is 1. The second kappa shape index (κ2) is 6.06. The summed E-state index contributed by atoms with van der Waals surface area (Å²) < 4.78 is 2.21. The maximum Gasteiger partial charge on any atom is 0.151 e. The first-order valence-electron chi connectivity index (χ1n) is 8.15. The zero-order chi connectivity index (χ0) is 14.8. The number of aromatic nitrogens is 2. The predicted molar refractivity (Wildman–Crippen MR) is 87.8 cm³/mol. The van der Waals surface area contributed by atoms with E-state index in [1.54, 1.807) is 0 Å². The Morgan fingerprint density at radius 3 is 2.81 bits per heavy atom. The highest BCUT2D eigenvalue weighted by molar-refractivity contribution is 5.56. The molecule has 2 aromatic rings. The summed E-state index contributed by atoms with van der Waals surface area (Å²) in [7, 11) is 0. The minimum atomic E-state index is 0.201. The van der Waals surface area contributed by atoms with Crippen molar-refractivity contribution >= 4 is 11.5 Å². The smallest absolute Gasteiger partial charge is 0.151 e. The van der Waals surface area contributed by atoms with Gasteiger partial charge in [-0.15, -0.1) is 0 Å². The Bertz CT molecular complexity index is 596. The van der Waals surface area contributed by atoms with Crippen LogP contribution in [0.5, 0.6) is 0 Å². The van der Waals surface area contributed by atoms with Crippen LogP contribution in [0.1, 0.15) is 38.8 Å². The molecule has 1 saturated heterocycles. The lowest BCUT2D eigenvalue weighted by molar-refractivity contribution is 0.436. The van der Waals surface area contributed by atoms with Crippen LogP contribution >= 0.6 is 0 Å². The maximum absolute atomic E-state index is 6.22. The second-order valence-corrected chi connectivity index (χ2v) is 6.35. The lowest BCUT2D eigenvalue weighted by Gasteiger charge is -2.31. The first kappa shape index (κ1) is 14.4. The molecule has 2 aromatic heterocycles. The highest BCUT2D eigenvalue weighted by Crippen LogP contribution is 2.27. The van der Waals surface area contributed by atoms with Gasteiger partial charge in [0.05, 0.1) is 5.69 Å². The number of pyridine rings is 1. The summed E-state index contributed by atoms with van der Waals surface area (Å²) >= 11 is 0. The average Bonchev–Trinajstić information content (AvgIpc) is 2.87. The average molecular weight is 286 g/mol. The predicted octanol–water partition coefficient (Wildman–Crippen LogP) is 2.85.